The Labute approximate surface area is 128 Å². The first-order chi connectivity index (χ1) is 10.2. The van der Waals surface area contributed by atoms with E-state index in [0.29, 0.717) is 12.5 Å². The Balaban J connectivity index is 2.03. The smallest absolute Gasteiger partial charge is 0.124 e. The summed E-state index contributed by atoms with van der Waals surface area (Å²) in [5.41, 5.74) is 8.12. The molecule has 2 aromatic rings. The number of nitrogens with two attached hydrogens (primary N) is 1. The summed E-state index contributed by atoms with van der Waals surface area (Å²) in [5.74, 6) is 1.98. The van der Waals surface area contributed by atoms with Crippen molar-refractivity contribution in [1.82, 2.24) is 4.98 Å². The third kappa shape index (κ3) is 2.76. The minimum Gasteiger partial charge on any atom is -0.497 e. The summed E-state index contributed by atoms with van der Waals surface area (Å²) in [6, 6.07) is 5.88. The topological polar surface area (TPSA) is 57.4 Å². The third-order valence-electron chi connectivity index (χ3n) is 3.95. The Hall–Kier alpha value is -1.59. The second-order valence-corrected chi connectivity index (χ2v) is 6.34. The lowest BCUT2D eigenvalue weighted by atomic mass is 9.91. The summed E-state index contributed by atoms with van der Waals surface area (Å²) < 4.78 is 10.7. The van der Waals surface area contributed by atoms with Crippen LogP contribution in [-0.2, 0) is 6.42 Å². The summed E-state index contributed by atoms with van der Waals surface area (Å²) in [6.07, 6.45) is 3.47. The fraction of sp³-hybridized carbons (Fsp3) is 0.438. The van der Waals surface area contributed by atoms with Crippen LogP contribution in [0.1, 0.15) is 29.3 Å². The van der Waals surface area contributed by atoms with Crippen molar-refractivity contribution in [2.24, 2.45) is 5.73 Å². The van der Waals surface area contributed by atoms with Crippen LogP contribution in [-0.4, -0.2) is 25.7 Å². The number of hydrogen-bond donors (Lipinski definition) is 1. The average molecular weight is 304 g/mol. The van der Waals surface area contributed by atoms with Crippen molar-refractivity contribution >= 4 is 11.3 Å². The van der Waals surface area contributed by atoms with E-state index in [0.717, 1.165) is 34.9 Å². The Morgan fingerprint density at radius 1 is 1.24 bits per heavy atom. The van der Waals surface area contributed by atoms with Crippen molar-refractivity contribution in [3.63, 3.8) is 0 Å². The molecule has 2 N–H and O–H groups in total. The Bertz CT molecular complexity index is 617. The van der Waals surface area contributed by atoms with Gasteiger partial charge in [0.15, 0.2) is 0 Å². The summed E-state index contributed by atoms with van der Waals surface area (Å²) >= 11 is 1.77. The van der Waals surface area contributed by atoms with Crippen molar-refractivity contribution in [3.05, 3.63) is 28.8 Å². The number of fused-ring (bicyclic) bond motifs is 1. The Kier molecular flexibility index (Phi) is 4.12. The van der Waals surface area contributed by atoms with E-state index in [2.05, 4.69) is 0 Å². The molecule has 1 aliphatic carbocycles. The number of nitrogens with zero attached hydrogens (tertiary/aromatic N) is 1. The van der Waals surface area contributed by atoms with Crippen LogP contribution < -0.4 is 15.2 Å². The van der Waals surface area contributed by atoms with E-state index in [1.54, 1.807) is 25.6 Å². The molecule has 1 unspecified atom stereocenters. The molecule has 0 fully saturated rings. The van der Waals surface area contributed by atoms with Crippen LogP contribution in [0.3, 0.4) is 0 Å². The van der Waals surface area contributed by atoms with E-state index in [1.165, 1.54) is 17.0 Å². The van der Waals surface area contributed by atoms with Crippen LogP contribution >= 0.6 is 11.3 Å². The van der Waals surface area contributed by atoms with Gasteiger partial charge in [-0.15, -0.1) is 11.3 Å². The van der Waals surface area contributed by atoms with Gasteiger partial charge >= 0.3 is 0 Å². The molecule has 1 aliphatic rings. The molecule has 1 heterocycles. The number of benzene rings is 1. The largest absolute Gasteiger partial charge is 0.497 e. The molecule has 0 radical (unpaired) electrons. The predicted molar refractivity (Wildman–Crippen MR) is 85.4 cm³/mol. The van der Waals surface area contributed by atoms with E-state index < -0.39 is 0 Å². The fourth-order valence-corrected chi connectivity index (χ4v) is 3.97. The zero-order valence-electron chi connectivity index (χ0n) is 12.4. The fourth-order valence-electron chi connectivity index (χ4n) is 2.79. The first-order valence-corrected chi connectivity index (χ1v) is 8.00. The van der Waals surface area contributed by atoms with E-state index in [4.69, 9.17) is 20.2 Å². The molecular weight excluding hydrogens is 284 g/mol. The summed E-state index contributed by atoms with van der Waals surface area (Å²) in [4.78, 5) is 6.23. The van der Waals surface area contributed by atoms with Gasteiger partial charge in [0.25, 0.3) is 0 Å². The Morgan fingerprint density at radius 3 is 2.57 bits per heavy atom. The molecule has 0 bridgehead atoms. The minimum atomic E-state index is 0.409. The van der Waals surface area contributed by atoms with Crippen molar-refractivity contribution in [2.45, 2.75) is 25.2 Å². The lowest BCUT2D eigenvalue weighted by molar-refractivity contribution is 0.394. The van der Waals surface area contributed by atoms with Gasteiger partial charge in [-0.2, -0.15) is 0 Å². The quantitative estimate of drug-likeness (QED) is 0.942. The highest BCUT2D eigenvalue weighted by Gasteiger charge is 2.24. The molecule has 1 aromatic heterocycles. The zero-order valence-corrected chi connectivity index (χ0v) is 13.2. The minimum absolute atomic E-state index is 0.409. The number of rotatable bonds is 4. The van der Waals surface area contributed by atoms with Gasteiger partial charge in [0, 0.05) is 29.0 Å². The summed E-state index contributed by atoms with van der Waals surface area (Å²) in [7, 11) is 3.33. The third-order valence-corrected chi connectivity index (χ3v) is 5.13. The van der Waals surface area contributed by atoms with Crippen molar-refractivity contribution in [2.75, 3.05) is 20.8 Å². The molecule has 0 saturated carbocycles. The van der Waals surface area contributed by atoms with Gasteiger partial charge in [-0.25, -0.2) is 4.98 Å². The molecule has 112 valence electrons. The molecule has 1 aromatic carbocycles. The van der Waals surface area contributed by atoms with Gasteiger partial charge in [-0.05, 0) is 31.4 Å². The van der Waals surface area contributed by atoms with E-state index >= 15 is 0 Å². The highest BCUT2D eigenvalue weighted by molar-refractivity contribution is 7.15. The second kappa shape index (κ2) is 6.03. The molecule has 0 saturated heterocycles. The van der Waals surface area contributed by atoms with Crippen LogP contribution in [0.5, 0.6) is 11.5 Å². The first kappa shape index (κ1) is 14.4. The maximum atomic E-state index is 5.88. The lowest BCUT2D eigenvalue weighted by Gasteiger charge is -2.18. The number of aromatic nitrogens is 1. The van der Waals surface area contributed by atoms with Crippen molar-refractivity contribution < 1.29 is 9.47 Å². The van der Waals surface area contributed by atoms with Crippen LogP contribution in [0.2, 0.25) is 0 Å². The van der Waals surface area contributed by atoms with Gasteiger partial charge in [-0.1, -0.05) is 0 Å². The molecule has 1 atom stereocenters. The standard InChI is InChI=1S/C16H20N2O2S/c1-19-12-6-11(7-13(8-12)20-2)16-18-15-10(9-17)4-3-5-14(15)21-16/h6-8,10H,3-5,9,17H2,1-2H3. The average Bonchev–Trinajstić information content (AvgIpc) is 2.98. The molecule has 0 spiro atoms. The molecule has 3 rings (SSSR count). The van der Waals surface area contributed by atoms with Crippen molar-refractivity contribution in [1.29, 1.82) is 0 Å². The number of methoxy groups -OCH3 is 2. The normalized spacial score (nSPS) is 17.4. The molecule has 5 heteroatoms. The number of hydrogen-bond acceptors (Lipinski definition) is 5. The van der Waals surface area contributed by atoms with Crippen LogP contribution in [0.4, 0.5) is 0 Å². The molecule has 21 heavy (non-hydrogen) atoms. The van der Waals surface area contributed by atoms with Gasteiger partial charge in [0.2, 0.25) is 0 Å². The van der Waals surface area contributed by atoms with Crippen LogP contribution in [0.25, 0.3) is 10.6 Å². The van der Waals surface area contributed by atoms with Crippen LogP contribution in [0, 0.1) is 0 Å². The summed E-state index contributed by atoms with van der Waals surface area (Å²) in [5, 5.41) is 1.03. The zero-order chi connectivity index (χ0) is 14.8. The number of ether oxygens (including phenoxy) is 2. The molecule has 4 nitrogen and oxygen atoms in total. The van der Waals surface area contributed by atoms with Gasteiger partial charge in [-0.3, -0.25) is 0 Å². The van der Waals surface area contributed by atoms with E-state index in [1.807, 2.05) is 18.2 Å². The summed E-state index contributed by atoms with van der Waals surface area (Å²) in [6.45, 7) is 0.678. The monoisotopic (exact) mass is 304 g/mol. The van der Waals surface area contributed by atoms with Crippen molar-refractivity contribution in [3.8, 4) is 22.1 Å². The van der Waals surface area contributed by atoms with E-state index in [9.17, 15) is 0 Å². The lowest BCUT2D eigenvalue weighted by Crippen LogP contribution is -2.17. The highest BCUT2D eigenvalue weighted by atomic mass is 32.1. The van der Waals surface area contributed by atoms with Gasteiger partial charge in [0.05, 0.1) is 19.9 Å². The number of thiazole rings is 1. The maximum Gasteiger partial charge on any atom is 0.124 e. The van der Waals surface area contributed by atoms with Crippen LogP contribution in [0.15, 0.2) is 18.2 Å². The maximum absolute atomic E-state index is 5.88. The first-order valence-electron chi connectivity index (χ1n) is 7.18. The SMILES string of the molecule is COc1cc(OC)cc(-c2nc3c(s2)CCCC3CN)c1. The Morgan fingerprint density at radius 2 is 1.95 bits per heavy atom. The van der Waals surface area contributed by atoms with E-state index in [-0.39, 0.29) is 0 Å². The second-order valence-electron chi connectivity index (χ2n) is 5.25. The molecular formula is C16H20N2O2S. The number of aryl methyl sites for hydroxylation is 1. The highest BCUT2D eigenvalue weighted by Crippen LogP contribution is 2.39. The molecule has 0 amide bonds. The molecule has 0 aliphatic heterocycles. The van der Waals surface area contributed by atoms with Gasteiger partial charge < -0.3 is 15.2 Å². The predicted octanol–water partition coefficient (Wildman–Crippen LogP) is 3.21. The van der Waals surface area contributed by atoms with Gasteiger partial charge in [0.1, 0.15) is 16.5 Å².